The average Bonchev–Trinajstić information content (AvgIpc) is 2.75. The number of rotatable bonds is 2. The topological polar surface area (TPSA) is 30.2 Å². The first-order valence-corrected chi connectivity index (χ1v) is 4.34. The minimum atomic E-state index is 0.742. The molecule has 0 radical (unpaired) electrons. The van der Waals surface area contributed by atoms with Gasteiger partial charge in [-0.3, -0.25) is 4.79 Å². The Hall–Kier alpha value is -1.35. The van der Waals surface area contributed by atoms with Crippen LogP contribution in [-0.4, -0.2) is 6.29 Å². The van der Waals surface area contributed by atoms with E-state index in [1.54, 1.807) is 12.5 Å². The van der Waals surface area contributed by atoms with Gasteiger partial charge in [-0.05, 0) is 23.1 Å². The summed E-state index contributed by atoms with van der Waals surface area (Å²) in [5.41, 5.74) is 2.05. The third-order valence-corrected chi connectivity index (χ3v) is 2.45. The molecule has 0 bridgehead atoms. The SMILES string of the molecule is O=Cc1cc(-c2ccoc2)cs1. The van der Waals surface area contributed by atoms with Crippen LogP contribution < -0.4 is 0 Å². The van der Waals surface area contributed by atoms with Gasteiger partial charge >= 0.3 is 0 Å². The van der Waals surface area contributed by atoms with Gasteiger partial charge in [-0.25, -0.2) is 0 Å². The lowest BCUT2D eigenvalue weighted by Crippen LogP contribution is -1.67. The van der Waals surface area contributed by atoms with Crippen molar-refractivity contribution in [2.24, 2.45) is 0 Å². The number of hydrogen-bond acceptors (Lipinski definition) is 3. The molecule has 2 aromatic rings. The second-order valence-corrected chi connectivity index (χ2v) is 3.31. The van der Waals surface area contributed by atoms with E-state index in [0.29, 0.717) is 0 Å². The van der Waals surface area contributed by atoms with Crippen LogP contribution in [0.4, 0.5) is 0 Å². The van der Waals surface area contributed by atoms with Gasteiger partial charge in [0.2, 0.25) is 0 Å². The maximum atomic E-state index is 10.4. The predicted molar refractivity (Wildman–Crippen MR) is 47.4 cm³/mol. The van der Waals surface area contributed by atoms with Crippen LogP contribution in [-0.2, 0) is 0 Å². The average molecular weight is 178 g/mol. The zero-order valence-electron chi connectivity index (χ0n) is 6.19. The zero-order chi connectivity index (χ0) is 8.39. The number of hydrogen-bond donors (Lipinski definition) is 0. The Balaban J connectivity index is 2.41. The van der Waals surface area contributed by atoms with Gasteiger partial charge in [-0.2, -0.15) is 0 Å². The minimum Gasteiger partial charge on any atom is -0.472 e. The highest BCUT2D eigenvalue weighted by Crippen LogP contribution is 2.24. The first kappa shape index (κ1) is 7.31. The van der Waals surface area contributed by atoms with Crippen LogP contribution in [0.15, 0.2) is 34.5 Å². The molecule has 3 heteroatoms. The normalized spacial score (nSPS) is 10.0. The van der Waals surface area contributed by atoms with Crippen LogP contribution >= 0.6 is 11.3 Å². The number of thiophene rings is 1. The van der Waals surface area contributed by atoms with Crippen molar-refractivity contribution in [1.82, 2.24) is 0 Å². The number of aldehydes is 1. The van der Waals surface area contributed by atoms with Gasteiger partial charge in [-0.15, -0.1) is 11.3 Å². The number of carbonyl (C=O) groups excluding carboxylic acids is 1. The van der Waals surface area contributed by atoms with Gasteiger partial charge in [0.25, 0.3) is 0 Å². The van der Waals surface area contributed by atoms with Crippen molar-refractivity contribution in [2.45, 2.75) is 0 Å². The maximum Gasteiger partial charge on any atom is 0.160 e. The molecule has 0 saturated carbocycles. The molecule has 12 heavy (non-hydrogen) atoms. The highest BCUT2D eigenvalue weighted by atomic mass is 32.1. The highest BCUT2D eigenvalue weighted by molar-refractivity contribution is 7.12. The minimum absolute atomic E-state index is 0.742. The molecule has 0 aliphatic heterocycles. The van der Waals surface area contributed by atoms with Crippen LogP contribution in [0, 0.1) is 0 Å². The quantitative estimate of drug-likeness (QED) is 0.662. The molecule has 2 aromatic heterocycles. The molecule has 0 spiro atoms. The molecule has 0 N–H and O–H groups in total. The van der Waals surface area contributed by atoms with Crippen LogP contribution in [0.2, 0.25) is 0 Å². The Morgan fingerprint density at radius 1 is 1.42 bits per heavy atom. The van der Waals surface area contributed by atoms with Crippen molar-refractivity contribution < 1.29 is 9.21 Å². The van der Waals surface area contributed by atoms with Crippen LogP contribution in [0.3, 0.4) is 0 Å². The smallest absolute Gasteiger partial charge is 0.160 e. The second kappa shape index (κ2) is 2.95. The Kier molecular flexibility index (Phi) is 1.80. The molecule has 0 aliphatic rings. The van der Waals surface area contributed by atoms with E-state index in [1.807, 2.05) is 17.5 Å². The fourth-order valence-corrected chi connectivity index (χ4v) is 1.71. The lowest BCUT2D eigenvalue weighted by atomic mass is 10.2. The van der Waals surface area contributed by atoms with Crippen molar-refractivity contribution in [2.75, 3.05) is 0 Å². The summed E-state index contributed by atoms with van der Waals surface area (Å²) in [6.07, 6.45) is 4.14. The summed E-state index contributed by atoms with van der Waals surface area (Å²) >= 11 is 1.44. The van der Waals surface area contributed by atoms with E-state index in [9.17, 15) is 4.79 Å². The molecular weight excluding hydrogens is 172 g/mol. The number of carbonyl (C=O) groups is 1. The van der Waals surface area contributed by atoms with E-state index in [0.717, 1.165) is 22.3 Å². The third kappa shape index (κ3) is 1.19. The van der Waals surface area contributed by atoms with Crippen LogP contribution in [0.5, 0.6) is 0 Å². The van der Waals surface area contributed by atoms with Gasteiger partial charge in [-0.1, -0.05) is 0 Å². The van der Waals surface area contributed by atoms with E-state index in [2.05, 4.69) is 0 Å². The van der Waals surface area contributed by atoms with E-state index < -0.39 is 0 Å². The fraction of sp³-hybridized carbons (Fsp3) is 0. The van der Waals surface area contributed by atoms with Crippen molar-refractivity contribution in [3.8, 4) is 11.1 Å². The Morgan fingerprint density at radius 3 is 2.92 bits per heavy atom. The summed E-state index contributed by atoms with van der Waals surface area (Å²) < 4.78 is 4.93. The lowest BCUT2D eigenvalue weighted by Gasteiger charge is -1.84. The summed E-state index contributed by atoms with van der Waals surface area (Å²) in [4.78, 5) is 11.1. The largest absolute Gasteiger partial charge is 0.472 e. The Bertz CT molecular complexity index is 373. The molecule has 0 saturated heterocycles. The van der Waals surface area contributed by atoms with E-state index in [1.165, 1.54) is 11.3 Å². The van der Waals surface area contributed by atoms with Gasteiger partial charge < -0.3 is 4.42 Å². The summed E-state index contributed by atoms with van der Waals surface area (Å²) in [7, 11) is 0. The molecule has 60 valence electrons. The molecule has 2 nitrogen and oxygen atoms in total. The van der Waals surface area contributed by atoms with Gasteiger partial charge in [0.1, 0.15) is 0 Å². The fourth-order valence-electron chi connectivity index (χ4n) is 0.995. The van der Waals surface area contributed by atoms with Crippen LogP contribution in [0.25, 0.3) is 11.1 Å². The zero-order valence-corrected chi connectivity index (χ0v) is 7.01. The standard InChI is InChI=1S/C9H6O2S/c10-4-9-3-8(6-12-9)7-1-2-11-5-7/h1-6H. The molecular formula is C9H6O2S. The third-order valence-electron chi connectivity index (χ3n) is 1.59. The maximum absolute atomic E-state index is 10.4. The van der Waals surface area contributed by atoms with Crippen molar-refractivity contribution >= 4 is 17.6 Å². The molecule has 0 amide bonds. The molecule has 0 aromatic carbocycles. The van der Waals surface area contributed by atoms with Gasteiger partial charge in [0.15, 0.2) is 6.29 Å². The summed E-state index contributed by atoms with van der Waals surface area (Å²) in [5, 5.41) is 1.94. The van der Waals surface area contributed by atoms with Crippen molar-refractivity contribution in [3.05, 3.63) is 34.9 Å². The molecule has 2 heterocycles. The predicted octanol–water partition coefficient (Wildman–Crippen LogP) is 2.82. The summed E-state index contributed by atoms with van der Waals surface area (Å²) in [5.74, 6) is 0. The lowest BCUT2D eigenvalue weighted by molar-refractivity contribution is 0.112. The second-order valence-electron chi connectivity index (χ2n) is 2.37. The van der Waals surface area contributed by atoms with E-state index in [4.69, 9.17) is 4.42 Å². The van der Waals surface area contributed by atoms with E-state index in [-0.39, 0.29) is 0 Å². The Labute approximate surface area is 73.4 Å². The molecule has 0 atom stereocenters. The number of furan rings is 1. The van der Waals surface area contributed by atoms with Crippen LogP contribution in [0.1, 0.15) is 9.67 Å². The molecule has 0 fully saturated rings. The first-order chi connectivity index (χ1) is 5.90. The van der Waals surface area contributed by atoms with Gasteiger partial charge in [0, 0.05) is 5.56 Å². The Morgan fingerprint density at radius 2 is 2.33 bits per heavy atom. The van der Waals surface area contributed by atoms with Gasteiger partial charge in [0.05, 0.1) is 17.4 Å². The molecule has 2 rings (SSSR count). The van der Waals surface area contributed by atoms with Crippen molar-refractivity contribution in [3.63, 3.8) is 0 Å². The molecule has 0 aliphatic carbocycles. The molecule has 0 unspecified atom stereocenters. The summed E-state index contributed by atoms with van der Waals surface area (Å²) in [6.45, 7) is 0. The highest BCUT2D eigenvalue weighted by Gasteiger charge is 2.01. The summed E-state index contributed by atoms with van der Waals surface area (Å²) in [6, 6.07) is 3.72. The van der Waals surface area contributed by atoms with E-state index >= 15 is 0 Å². The van der Waals surface area contributed by atoms with Crippen molar-refractivity contribution in [1.29, 1.82) is 0 Å². The first-order valence-electron chi connectivity index (χ1n) is 3.46. The monoisotopic (exact) mass is 178 g/mol.